The average Bonchev–Trinajstić information content (AvgIpc) is 3.22. The van der Waals surface area contributed by atoms with Crippen LogP contribution in [0.3, 0.4) is 0 Å². The lowest BCUT2D eigenvalue weighted by molar-refractivity contribution is -0.384. The second kappa shape index (κ2) is 8.42. The number of halogens is 1. The fourth-order valence-corrected chi connectivity index (χ4v) is 3.51. The van der Waals surface area contributed by atoms with E-state index in [0.29, 0.717) is 11.4 Å². The summed E-state index contributed by atoms with van der Waals surface area (Å²) in [5, 5.41) is 17.6. The Morgan fingerprint density at radius 3 is 2.50 bits per heavy atom. The maximum atomic E-state index is 13.1. The van der Waals surface area contributed by atoms with Crippen LogP contribution in [0.4, 0.5) is 5.69 Å². The Kier molecular flexibility index (Phi) is 5.54. The van der Waals surface area contributed by atoms with Crippen LogP contribution in [0.1, 0.15) is 29.2 Å². The Morgan fingerprint density at radius 2 is 1.87 bits per heavy atom. The van der Waals surface area contributed by atoms with Gasteiger partial charge in [-0.1, -0.05) is 41.9 Å². The first-order chi connectivity index (χ1) is 14.5. The molecule has 1 aromatic heterocycles. The molecule has 0 bridgehead atoms. The largest absolute Gasteiger partial charge is 0.273 e. The molecule has 2 aromatic carbocycles. The fraction of sp³-hybridized carbons (Fsp3) is 0.136. The third kappa shape index (κ3) is 4.21. The monoisotopic (exact) mass is 420 g/mol. The second-order valence-corrected chi connectivity index (χ2v) is 7.33. The Morgan fingerprint density at radius 1 is 1.13 bits per heavy atom. The zero-order valence-corrected chi connectivity index (χ0v) is 16.6. The van der Waals surface area contributed by atoms with E-state index in [4.69, 9.17) is 11.6 Å². The molecule has 1 aliphatic heterocycles. The van der Waals surface area contributed by atoms with Crippen molar-refractivity contribution < 1.29 is 9.72 Å². The molecule has 1 atom stereocenters. The highest BCUT2D eigenvalue weighted by atomic mass is 35.5. The van der Waals surface area contributed by atoms with Crippen LogP contribution in [-0.2, 0) is 11.2 Å². The minimum atomic E-state index is -0.445. The number of hydrazone groups is 1. The summed E-state index contributed by atoms with van der Waals surface area (Å²) in [5.41, 5.74) is 3.20. The van der Waals surface area contributed by atoms with Gasteiger partial charge in [-0.3, -0.25) is 19.9 Å². The highest BCUT2D eigenvalue weighted by Gasteiger charge is 2.33. The number of hydrogen-bond donors (Lipinski definition) is 0. The minimum Gasteiger partial charge on any atom is -0.273 e. The maximum absolute atomic E-state index is 13.1. The molecule has 0 spiro atoms. The van der Waals surface area contributed by atoms with Crippen LogP contribution in [0.25, 0.3) is 0 Å². The Hall–Kier alpha value is -3.58. The van der Waals surface area contributed by atoms with Crippen molar-refractivity contribution in [2.75, 3.05) is 0 Å². The van der Waals surface area contributed by atoms with Gasteiger partial charge in [0.1, 0.15) is 0 Å². The normalized spacial score (nSPS) is 15.7. The summed E-state index contributed by atoms with van der Waals surface area (Å²) >= 11 is 5.93. The van der Waals surface area contributed by atoms with E-state index in [1.807, 2.05) is 24.3 Å². The van der Waals surface area contributed by atoms with Crippen LogP contribution in [0, 0.1) is 10.1 Å². The first-order valence-corrected chi connectivity index (χ1v) is 9.68. The number of non-ortho nitro benzene ring substituents is 1. The predicted molar refractivity (Wildman–Crippen MR) is 113 cm³/mol. The predicted octanol–water partition coefficient (Wildman–Crippen LogP) is 4.56. The van der Waals surface area contributed by atoms with Crippen molar-refractivity contribution in [3.8, 4) is 0 Å². The lowest BCUT2D eigenvalue weighted by atomic mass is 9.98. The van der Waals surface area contributed by atoms with Crippen LogP contribution >= 0.6 is 11.6 Å². The van der Waals surface area contributed by atoms with Crippen molar-refractivity contribution in [2.45, 2.75) is 18.9 Å². The van der Waals surface area contributed by atoms with Gasteiger partial charge in [0.05, 0.1) is 23.1 Å². The number of nitro groups is 1. The molecule has 1 aliphatic rings. The SMILES string of the molecule is O=C(Cc1ccc(Cl)cc1)N1N=C(c2cccnc2)CC1c1ccc([N+](=O)[O-])cc1. The van der Waals surface area contributed by atoms with Crippen LogP contribution in [0.5, 0.6) is 0 Å². The average molecular weight is 421 g/mol. The molecular weight excluding hydrogens is 404 g/mol. The number of pyridine rings is 1. The van der Waals surface area contributed by atoms with Gasteiger partial charge < -0.3 is 0 Å². The van der Waals surface area contributed by atoms with Gasteiger partial charge in [-0.2, -0.15) is 5.10 Å². The number of hydrogen-bond acceptors (Lipinski definition) is 5. The van der Waals surface area contributed by atoms with Crippen molar-refractivity contribution >= 4 is 28.9 Å². The molecular formula is C22H17ClN4O3. The quantitative estimate of drug-likeness (QED) is 0.447. The van der Waals surface area contributed by atoms with E-state index in [9.17, 15) is 14.9 Å². The molecule has 150 valence electrons. The van der Waals surface area contributed by atoms with Crippen molar-refractivity contribution in [1.29, 1.82) is 0 Å². The molecule has 2 heterocycles. The van der Waals surface area contributed by atoms with Gasteiger partial charge in [0.15, 0.2) is 0 Å². The van der Waals surface area contributed by atoms with Gasteiger partial charge in [0, 0.05) is 41.5 Å². The lowest BCUT2D eigenvalue weighted by Crippen LogP contribution is -2.28. The molecule has 0 saturated carbocycles. The van der Waals surface area contributed by atoms with E-state index in [-0.39, 0.29) is 24.1 Å². The molecule has 0 radical (unpaired) electrons. The van der Waals surface area contributed by atoms with Crippen LogP contribution < -0.4 is 0 Å². The second-order valence-electron chi connectivity index (χ2n) is 6.90. The van der Waals surface area contributed by atoms with Crippen LogP contribution in [-0.4, -0.2) is 26.5 Å². The topological polar surface area (TPSA) is 88.7 Å². The summed E-state index contributed by atoms with van der Waals surface area (Å²) in [7, 11) is 0. The van der Waals surface area contributed by atoms with E-state index >= 15 is 0 Å². The third-order valence-corrected chi connectivity index (χ3v) is 5.17. The fourth-order valence-electron chi connectivity index (χ4n) is 3.38. The molecule has 0 aliphatic carbocycles. The first kappa shape index (κ1) is 19.7. The molecule has 4 rings (SSSR count). The highest BCUT2D eigenvalue weighted by Crippen LogP contribution is 2.34. The number of rotatable bonds is 5. The number of nitrogens with zero attached hydrogens (tertiary/aromatic N) is 4. The summed E-state index contributed by atoms with van der Waals surface area (Å²) in [5.74, 6) is -0.167. The molecule has 7 nitrogen and oxygen atoms in total. The van der Waals surface area contributed by atoms with Gasteiger partial charge in [0.25, 0.3) is 5.69 Å². The molecule has 30 heavy (non-hydrogen) atoms. The number of carbonyl (C=O) groups excluding carboxylic acids is 1. The standard InChI is InChI=1S/C22H17ClN4O3/c23-18-7-3-15(4-8-18)12-22(28)26-21(16-5-9-19(10-6-16)27(29)30)13-20(25-26)17-2-1-11-24-14-17/h1-11,14,21H,12-13H2. The Labute approximate surface area is 177 Å². The molecule has 0 fully saturated rings. The summed E-state index contributed by atoms with van der Waals surface area (Å²) in [6.45, 7) is 0. The molecule has 1 unspecified atom stereocenters. The number of nitro benzene ring substituents is 1. The zero-order chi connectivity index (χ0) is 21.1. The highest BCUT2D eigenvalue weighted by molar-refractivity contribution is 6.30. The van der Waals surface area contributed by atoms with Crippen molar-refractivity contribution in [1.82, 2.24) is 9.99 Å². The molecule has 0 saturated heterocycles. The molecule has 3 aromatic rings. The molecule has 0 N–H and O–H groups in total. The summed E-state index contributed by atoms with van der Waals surface area (Å²) < 4.78 is 0. The van der Waals surface area contributed by atoms with Crippen LogP contribution in [0.2, 0.25) is 5.02 Å². The number of benzene rings is 2. The summed E-state index contributed by atoms with van der Waals surface area (Å²) in [6, 6.07) is 16.7. The lowest BCUT2D eigenvalue weighted by Gasteiger charge is -2.22. The van der Waals surface area contributed by atoms with E-state index in [1.54, 1.807) is 36.7 Å². The maximum Gasteiger partial charge on any atom is 0.269 e. The van der Waals surface area contributed by atoms with Gasteiger partial charge in [-0.25, -0.2) is 5.01 Å². The first-order valence-electron chi connectivity index (χ1n) is 9.30. The Bertz CT molecular complexity index is 1100. The van der Waals surface area contributed by atoms with Gasteiger partial charge in [0.2, 0.25) is 5.91 Å². The van der Waals surface area contributed by atoms with E-state index in [2.05, 4.69) is 10.1 Å². The van der Waals surface area contributed by atoms with Crippen molar-refractivity contribution in [3.63, 3.8) is 0 Å². The molecule has 8 heteroatoms. The van der Waals surface area contributed by atoms with E-state index < -0.39 is 4.92 Å². The van der Waals surface area contributed by atoms with E-state index in [0.717, 1.165) is 22.4 Å². The zero-order valence-electron chi connectivity index (χ0n) is 15.8. The molecule has 1 amide bonds. The summed E-state index contributed by atoms with van der Waals surface area (Å²) in [6.07, 6.45) is 4.05. The minimum absolute atomic E-state index is 0.00388. The Balaban J connectivity index is 1.64. The van der Waals surface area contributed by atoms with Crippen molar-refractivity contribution in [3.05, 3.63) is 105 Å². The van der Waals surface area contributed by atoms with E-state index in [1.165, 1.54) is 17.1 Å². The number of carbonyl (C=O) groups is 1. The third-order valence-electron chi connectivity index (χ3n) is 4.92. The number of aromatic nitrogens is 1. The number of amides is 1. The summed E-state index contributed by atoms with van der Waals surface area (Å²) in [4.78, 5) is 27.8. The van der Waals surface area contributed by atoms with Crippen LogP contribution in [0.15, 0.2) is 78.2 Å². The van der Waals surface area contributed by atoms with Gasteiger partial charge in [-0.05, 0) is 29.3 Å². The van der Waals surface area contributed by atoms with Crippen molar-refractivity contribution in [2.24, 2.45) is 5.10 Å². The smallest absolute Gasteiger partial charge is 0.269 e. The van der Waals surface area contributed by atoms with Gasteiger partial charge in [-0.15, -0.1) is 0 Å². The van der Waals surface area contributed by atoms with Gasteiger partial charge >= 0.3 is 0 Å².